The van der Waals surface area contributed by atoms with E-state index in [-0.39, 0.29) is 40.3 Å². The Hall–Kier alpha value is -2.36. The number of nitrogens with zero attached hydrogens (tertiary/aromatic N) is 1. The third-order valence-electron chi connectivity index (χ3n) is 8.21. The summed E-state index contributed by atoms with van der Waals surface area (Å²) in [7, 11) is 0. The number of aliphatic hydroxyl groups excluding tert-OH is 1. The maximum Gasteiger partial charge on any atom is 0.244 e. The molecule has 0 radical (unpaired) electrons. The molecule has 0 aromatic heterocycles. The maximum atomic E-state index is 14.2. The third kappa shape index (κ3) is 4.67. The van der Waals surface area contributed by atoms with Crippen molar-refractivity contribution in [2.24, 2.45) is 17.8 Å². The van der Waals surface area contributed by atoms with E-state index < -0.39 is 28.7 Å². The number of carbonyl (C=O) groups is 3. The molecule has 202 valence electrons. The van der Waals surface area contributed by atoms with Gasteiger partial charge in [-0.15, -0.1) is 11.8 Å². The quantitative estimate of drug-likeness (QED) is 0.385. The molecular weight excluding hydrogens is 566 g/mol. The minimum Gasteiger partial charge on any atom is -0.394 e. The fourth-order valence-electron chi connectivity index (χ4n) is 6.43. The summed E-state index contributed by atoms with van der Waals surface area (Å²) >= 11 is 5.40. The SMILES string of the molecule is CC(C)[C@H](CO)N1C(=O)[C@@H]2[C@H](C(=O)NCc3ccccc3)[C@H]3SC2(CC3Br)C1C(=O)NCc1ccccc1. The minimum absolute atomic E-state index is 0.0000233. The van der Waals surface area contributed by atoms with Gasteiger partial charge in [-0.25, -0.2) is 0 Å². The Labute approximate surface area is 236 Å². The van der Waals surface area contributed by atoms with Crippen molar-refractivity contribution in [3.05, 3.63) is 71.8 Å². The van der Waals surface area contributed by atoms with Crippen molar-refractivity contribution in [1.29, 1.82) is 0 Å². The van der Waals surface area contributed by atoms with Crippen LogP contribution in [0.25, 0.3) is 0 Å². The van der Waals surface area contributed by atoms with Crippen molar-refractivity contribution < 1.29 is 19.5 Å². The fourth-order valence-corrected chi connectivity index (χ4v) is 10.0. The molecule has 3 N–H and O–H groups in total. The standard InChI is InChI=1S/C29H34BrN3O4S/c1-17(2)21(16-34)33-25(27(36)32-15-19-11-7-4-8-12-19)29-13-20(30)24(38-29)22(23(29)28(33)37)26(35)31-14-18-9-5-3-6-10-18/h3-12,17,20-25,34H,13-16H2,1-2H3,(H,31,35)(H,32,36)/t20?,21-,22-,23-,24-,25?,29?/m0/s1. The van der Waals surface area contributed by atoms with Crippen LogP contribution in [-0.4, -0.2) is 61.2 Å². The van der Waals surface area contributed by atoms with Crippen LogP contribution in [0.15, 0.2) is 60.7 Å². The summed E-state index contributed by atoms with van der Waals surface area (Å²) in [6.07, 6.45) is 0.609. The lowest BCUT2D eigenvalue weighted by Crippen LogP contribution is -2.57. The summed E-state index contributed by atoms with van der Waals surface area (Å²) in [4.78, 5) is 43.4. The molecule has 3 fully saturated rings. The normalized spacial score (nSPS) is 30.4. The predicted octanol–water partition coefficient (Wildman–Crippen LogP) is 3.10. The number of halogens is 1. The van der Waals surface area contributed by atoms with Gasteiger partial charge >= 0.3 is 0 Å². The van der Waals surface area contributed by atoms with E-state index in [9.17, 15) is 19.5 Å². The molecule has 3 aliphatic heterocycles. The summed E-state index contributed by atoms with van der Waals surface area (Å²) < 4.78 is -0.742. The van der Waals surface area contributed by atoms with Crippen LogP contribution in [-0.2, 0) is 27.5 Å². The van der Waals surface area contributed by atoms with E-state index in [1.165, 1.54) is 0 Å². The molecule has 7 nitrogen and oxygen atoms in total. The van der Waals surface area contributed by atoms with E-state index in [1.807, 2.05) is 74.5 Å². The average Bonchev–Trinajstić information content (AvgIpc) is 3.51. The lowest BCUT2D eigenvalue weighted by molar-refractivity contribution is -0.143. The van der Waals surface area contributed by atoms with Gasteiger partial charge in [-0.3, -0.25) is 14.4 Å². The Kier molecular flexibility index (Phi) is 7.89. The number of alkyl halides is 1. The fraction of sp³-hybridized carbons (Fsp3) is 0.483. The van der Waals surface area contributed by atoms with Crippen LogP contribution in [0, 0.1) is 17.8 Å². The number of hydrogen-bond donors (Lipinski definition) is 3. The van der Waals surface area contributed by atoms with Gasteiger partial charge in [0.15, 0.2) is 0 Å². The summed E-state index contributed by atoms with van der Waals surface area (Å²) in [5.41, 5.74) is 1.95. The number of benzene rings is 2. The molecular formula is C29H34BrN3O4S. The van der Waals surface area contributed by atoms with Gasteiger partial charge in [-0.05, 0) is 23.5 Å². The van der Waals surface area contributed by atoms with Crippen LogP contribution < -0.4 is 10.6 Å². The third-order valence-corrected chi connectivity index (χ3v) is 11.4. The Bertz CT molecular complexity index is 1180. The van der Waals surface area contributed by atoms with Crippen molar-refractivity contribution in [1.82, 2.24) is 15.5 Å². The summed E-state index contributed by atoms with van der Waals surface area (Å²) in [5.74, 6) is -1.84. The highest BCUT2D eigenvalue weighted by Crippen LogP contribution is 2.68. The van der Waals surface area contributed by atoms with Gasteiger partial charge in [0.05, 0.1) is 29.2 Å². The summed E-state index contributed by atoms with van der Waals surface area (Å²) in [6, 6.07) is 18.1. The molecule has 3 saturated heterocycles. The second-order valence-electron chi connectivity index (χ2n) is 10.8. The molecule has 1 spiro atoms. The first kappa shape index (κ1) is 27.2. The Morgan fingerprint density at radius 1 is 1.03 bits per heavy atom. The van der Waals surface area contributed by atoms with Crippen molar-refractivity contribution in [3.8, 4) is 0 Å². The smallest absolute Gasteiger partial charge is 0.244 e. The van der Waals surface area contributed by atoms with E-state index in [2.05, 4.69) is 26.6 Å². The first-order valence-electron chi connectivity index (χ1n) is 13.2. The molecule has 3 amide bonds. The molecule has 0 saturated carbocycles. The van der Waals surface area contributed by atoms with E-state index in [0.29, 0.717) is 19.5 Å². The van der Waals surface area contributed by atoms with Gasteiger partial charge in [0, 0.05) is 23.2 Å². The summed E-state index contributed by atoms with van der Waals surface area (Å²) in [6.45, 7) is 4.37. The molecule has 7 atom stereocenters. The number of likely N-dealkylation sites (tertiary alicyclic amines) is 1. The van der Waals surface area contributed by atoms with Crippen molar-refractivity contribution in [2.75, 3.05) is 6.61 Å². The van der Waals surface area contributed by atoms with Crippen molar-refractivity contribution >= 4 is 45.4 Å². The van der Waals surface area contributed by atoms with Crippen LogP contribution in [0.3, 0.4) is 0 Å². The lowest BCUT2D eigenvalue weighted by atomic mass is 9.70. The molecule has 5 rings (SSSR count). The van der Waals surface area contributed by atoms with Crippen LogP contribution >= 0.6 is 27.7 Å². The van der Waals surface area contributed by atoms with Gasteiger partial charge in [-0.2, -0.15) is 0 Å². The average molecular weight is 601 g/mol. The number of carbonyl (C=O) groups excluding carboxylic acids is 3. The second-order valence-corrected chi connectivity index (χ2v) is 13.5. The highest BCUT2D eigenvalue weighted by atomic mass is 79.9. The lowest BCUT2D eigenvalue weighted by Gasteiger charge is -2.38. The zero-order valence-corrected chi connectivity index (χ0v) is 24.0. The summed E-state index contributed by atoms with van der Waals surface area (Å²) in [5, 5.41) is 16.3. The molecule has 0 aliphatic carbocycles. The number of nitrogens with one attached hydrogen (secondary N) is 2. The van der Waals surface area contributed by atoms with Gasteiger partial charge < -0.3 is 20.6 Å². The molecule has 3 unspecified atom stereocenters. The van der Waals surface area contributed by atoms with Crippen LogP contribution in [0.4, 0.5) is 0 Å². The number of hydrogen-bond acceptors (Lipinski definition) is 5. The first-order valence-corrected chi connectivity index (χ1v) is 15.0. The van der Waals surface area contributed by atoms with Crippen LogP contribution in [0.2, 0.25) is 0 Å². The number of amides is 3. The highest BCUT2D eigenvalue weighted by molar-refractivity contribution is 9.09. The molecule has 38 heavy (non-hydrogen) atoms. The molecule has 3 heterocycles. The number of thioether (sulfide) groups is 1. The second kappa shape index (κ2) is 11.0. The zero-order valence-electron chi connectivity index (χ0n) is 21.5. The van der Waals surface area contributed by atoms with Gasteiger partial charge in [0.2, 0.25) is 17.7 Å². The van der Waals surface area contributed by atoms with Gasteiger partial charge in [0.25, 0.3) is 0 Å². The number of rotatable bonds is 9. The molecule has 2 aromatic rings. The zero-order chi connectivity index (χ0) is 27.0. The molecule has 2 aromatic carbocycles. The molecule has 3 aliphatic rings. The minimum atomic E-state index is -0.773. The first-order chi connectivity index (χ1) is 18.3. The van der Waals surface area contributed by atoms with Crippen LogP contribution in [0.5, 0.6) is 0 Å². The Morgan fingerprint density at radius 2 is 1.58 bits per heavy atom. The topological polar surface area (TPSA) is 98.7 Å². The maximum absolute atomic E-state index is 14.2. The van der Waals surface area contributed by atoms with Gasteiger partial charge in [-0.1, -0.05) is 90.4 Å². The van der Waals surface area contributed by atoms with Crippen LogP contribution in [0.1, 0.15) is 31.4 Å². The molecule has 9 heteroatoms. The number of fused-ring (bicyclic) bond motifs is 1. The van der Waals surface area contributed by atoms with Crippen molar-refractivity contribution in [2.45, 2.75) is 60.3 Å². The van der Waals surface area contributed by atoms with Crippen molar-refractivity contribution in [3.63, 3.8) is 0 Å². The van der Waals surface area contributed by atoms with E-state index in [0.717, 1.165) is 11.1 Å². The largest absolute Gasteiger partial charge is 0.394 e. The Morgan fingerprint density at radius 3 is 2.11 bits per heavy atom. The van der Waals surface area contributed by atoms with E-state index in [4.69, 9.17) is 0 Å². The highest BCUT2D eigenvalue weighted by Gasteiger charge is 2.76. The monoisotopic (exact) mass is 599 g/mol. The van der Waals surface area contributed by atoms with E-state index >= 15 is 0 Å². The predicted molar refractivity (Wildman–Crippen MR) is 151 cm³/mol. The number of aliphatic hydroxyl groups is 1. The Balaban J connectivity index is 1.46. The van der Waals surface area contributed by atoms with E-state index in [1.54, 1.807) is 16.7 Å². The van der Waals surface area contributed by atoms with Gasteiger partial charge in [0.1, 0.15) is 6.04 Å². The molecule has 2 bridgehead atoms.